The summed E-state index contributed by atoms with van der Waals surface area (Å²) in [6, 6.07) is 17.1. The largest absolute Gasteiger partial charge is 0.126 e. The highest BCUT2D eigenvalue weighted by Gasteiger charge is 2.11. The lowest BCUT2D eigenvalue weighted by atomic mass is 9.93. The van der Waals surface area contributed by atoms with Gasteiger partial charge in [0.15, 0.2) is 0 Å². The van der Waals surface area contributed by atoms with E-state index < -0.39 is 0 Å². The summed E-state index contributed by atoms with van der Waals surface area (Å²) in [7, 11) is 0. The minimum absolute atomic E-state index is 0.377. The van der Waals surface area contributed by atoms with E-state index in [2.05, 4.69) is 71.4 Å². The Morgan fingerprint density at radius 3 is 2.17 bits per heavy atom. The van der Waals surface area contributed by atoms with E-state index in [9.17, 15) is 0 Å². The third-order valence-corrected chi connectivity index (χ3v) is 4.03. The maximum atomic E-state index is 6.11. The highest BCUT2D eigenvalue weighted by molar-refractivity contribution is 9.10. The SMILES string of the molecule is Cc1ccc(CC(CCl)c2ccc(Br)cc2)cc1. The molecule has 0 saturated heterocycles. The van der Waals surface area contributed by atoms with Crippen LogP contribution in [0.1, 0.15) is 22.6 Å². The van der Waals surface area contributed by atoms with E-state index in [1.165, 1.54) is 16.7 Å². The first-order valence-corrected chi connectivity index (χ1v) is 7.39. The fraction of sp³-hybridized carbons (Fsp3) is 0.250. The molecule has 0 heterocycles. The van der Waals surface area contributed by atoms with E-state index in [-0.39, 0.29) is 0 Å². The van der Waals surface area contributed by atoms with Crippen LogP contribution in [-0.2, 0) is 6.42 Å². The number of benzene rings is 2. The second-order valence-corrected chi connectivity index (χ2v) is 5.82. The van der Waals surface area contributed by atoms with Crippen molar-refractivity contribution < 1.29 is 0 Å². The van der Waals surface area contributed by atoms with E-state index in [0.717, 1.165) is 10.9 Å². The van der Waals surface area contributed by atoms with Gasteiger partial charge in [0.05, 0.1) is 0 Å². The molecular weight excluding hydrogens is 308 g/mol. The zero-order valence-corrected chi connectivity index (χ0v) is 12.7. The predicted molar refractivity (Wildman–Crippen MR) is 82.5 cm³/mol. The first kappa shape index (κ1) is 13.6. The highest BCUT2D eigenvalue weighted by Crippen LogP contribution is 2.24. The maximum absolute atomic E-state index is 6.11. The zero-order chi connectivity index (χ0) is 13.0. The lowest BCUT2D eigenvalue weighted by Gasteiger charge is -2.14. The molecule has 0 aliphatic rings. The first-order chi connectivity index (χ1) is 8.69. The van der Waals surface area contributed by atoms with Crippen LogP contribution >= 0.6 is 27.5 Å². The van der Waals surface area contributed by atoms with Crippen LogP contribution in [0.2, 0.25) is 0 Å². The highest BCUT2D eigenvalue weighted by atomic mass is 79.9. The van der Waals surface area contributed by atoms with Crippen LogP contribution < -0.4 is 0 Å². The molecular formula is C16H16BrCl. The van der Waals surface area contributed by atoms with Crippen molar-refractivity contribution in [2.24, 2.45) is 0 Å². The summed E-state index contributed by atoms with van der Waals surface area (Å²) in [4.78, 5) is 0. The summed E-state index contributed by atoms with van der Waals surface area (Å²) in [5.74, 6) is 1.03. The Labute approximate surface area is 122 Å². The van der Waals surface area contributed by atoms with Crippen LogP contribution in [0.25, 0.3) is 0 Å². The molecule has 0 nitrogen and oxygen atoms in total. The van der Waals surface area contributed by atoms with Crippen molar-refractivity contribution >= 4 is 27.5 Å². The maximum Gasteiger partial charge on any atom is 0.0295 e. The first-order valence-electron chi connectivity index (χ1n) is 6.06. The van der Waals surface area contributed by atoms with Gasteiger partial charge in [0.1, 0.15) is 0 Å². The quantitative estimate of drug-likeness (QED) is 0.668. The molecule has 0 bridgehead atoms. The topological polar surface area (TPSA) is 0 Å². The van der Waals surface area contributed by atoms with Gasteiger partial charge in [-0.2, -0.15) is 0 Å². The lowest BCUT2D eigenvalue weighted by Crippen LogP contribution is -2.04. The third-order valence-electron chi connectivity index (χ3n) is 3.13. The van der Waals surface area contributed by atoms with Gasteiger partial charge in [0, 0.05) is 16.3 Å². The van der Waals surface area contributed by atoms with E-state index in [1.54, 1.807) is 0 Å². The van der Waals surface area contributed by atoms with Gasteiger partial charge in [-0.25, -0.2) is 0 Å². The van der Waals surface area contributed by atoms with Crippen molar-refractivity contribution in [1.29, 1.82) is 0 Å². The number of hydrogen-bond acceptors (Lipinski definition) is 0. The molecule has 0 aliphatic heterocycles. The van der Waals surface area contributed by atoms with E-state index in [1.807, 2.05) is 0 Å². The number of halogens is 2. The Balaban J connectivity index is 2.14. The Morgan fingerprint density at radius 2 is 1.61 bits per heavy atom. The monoisotopic (exact) mass is 322 g/mol. The molecule has 0 aliphatic carbocycles. The smallest absolute Gasteiger partial charge is 0.0295 e. The van der Waals surface area contributed by atoms with Crippen LogP contribution in [0.5, 0.6) is 0 Å². The molecule has 1 unspecified atom stereocenters. The van der Waals surface area contributed by atoms with E-state index >= 15 is 0 Å². The van der Waals surface area contributed by atoms with Crippen molar-refractivity contribution in [3.8, 4) is 0 Å². The Bertz CT molecular complexity index is 488. The molecule has 0 saturated carbocycles. The summed E-state index contributed by atoms with van der Waals surface area (Å²) in [5, 5.41) is 0. The van der Waals surface area contributed by atoms with Crippen molar-refractivity contribution in [1.82, 2.24) is 0 Å². The normalized spacial score (nSPS) is 12.4. The standard InChI is InChI=1S/C16H16BrCl/c1-12-2-4-13(5-3-12)10-15(11-18)14-6-8-16(17)9-7-14/h2-9,15H,10-11H2,1H3. The molecule has 2 heteroatoms. The molecule has 1 atom stereocenters. The molecule has 0 radical (unpaired) electrons. The summed E-state index contributed by atoms with van der Waals surface area (Å²) < 4.78 is 1.11. The predicted octanol–water partition coefficient (Wildman–Crippen LogP) is 5.32. The fourth-order valence-electron chi connectivity index (χ4n) is 2.01. The lowest BCUT2D eigenvalue weighted by molar-refractivity contribution is 0.766. The number of aryl methyl sites for hydroxylation is 1. The molecule has 2 rings (SSSR count). The summed E-state index contributed by atoms with van der Waals surface area (Å²) in [5.41, 5.74) is 3.94. The van der Waals surface area contributed by atoms with Crippen molar-refractivity contribution in [3.63, 3.8) is 0 Å². The Morgan fingerprint density at radius 1 is 1.00 bits per heavy atom. The van der Waals surface area contributed by atoms with Gasteiger partial charge < -0.3 is 0 Å². The Kier molecular flexibility index (Phi) is 4.85. The average molecular weight is 324 g/mol. The third kappa shape index (κ3) is 3.60. The second-order valence-electron chi connectivity index (χ2n) is 4.59. The van der Waals surface area contributed by atoms with Crippen LogP contribution in [0.3, 0.4) is 0 Å². The van der Waals surface area contributed by atoms with Gasteiger partial charge in [-0.1, -0.05) is 57.9 Å². The molecule has 0 spiro atoms. The molecule has 94 valence electrons. The van der Waals surface area contributed by atoms with Gasteiger partial charge in [-0.15, -0.1) is 11.6 Å². The van der Waals surface area contributed by atoms with Gasteiger partial charge >= 0.3 is 0 Å². The van der Waals surface area contributed by atoms with E-state index in [0.29, 0.717) is 11.8 Å². The van der Waals surface area contributed by atoms with Gasteiger partial charge in [-0.3, -0.25) is 0 Å². The van der Waals surface area contributed by atoms with Crippen molar-refractivity contribution in [2.45, 2.75) is 19.3 Å². The molecule has 0 amide bonds. The van der Waals surface area contributed by atoms with E-state index in [4.69, 9.17) is 11.6 Å². The van der Waals surface area contributed by atoms with Crippen LogP contribution in [-0.4, -0.2) is 5.88 Å². The van der Waals surface area contributed by atoms with Crippen molar-refractivity contribution in [3.05, 3.63) is 69.7 Å². The number of rotatable bonds is 4. The minimum Gasteiger partial charge on any atom is -0.126 e. The Hall–Kier alpha value is -0.790. The van der Waals surface area contributed by atoms with Crippen LogP contribution in [0.4, 0.5) is 0 Å². The van der Waals surface area contributed by atoms with Crippen LogP contribution in [0, 0.1) is 6.92 Å². The summed E-state index contributed by atoms with van der Waals surface area (Å²) >= 11 is 9.57. The number of alkyl halides is 1. The summed E-state index contributed by atoms with van der Waals surface area (Å²) in [6.07, 6.45) is 0.991. The van der Waals surface area contributed by atoms with Crippen molar-refractivity contribution in [2.75, 3.05) is 5.88 Å². The zero-order valence-electron chi connectivity index (χ0n) is 10.4. The number of hydrogen-bond donors (Lipinski definition) is 0. The molecule has 0 aromatic heterocycles. The van der Waals surface area contributed by atoms with Gasteiger partial charge in [-0.05, 0) is 36.6 Å². The average Bonchev–Trinajstić information content (AvgIpc) is 2.39. The van der Waals surface area contributed by atoms with Gasteiger partial charge in [0.2, 0.25) is 0 Å². The molecule has 2 aromatic rings. The fourth-order valence-corrected chi connectivity index (χ4v) is 2.56. The molecule has 18 heavy (non-hydrogen) atoms. The van der Waals surface area contributed by atoms with Crippen LogP contribution in [0.15, 0.2) is 53.0 Å². The van der Waals surface area contributed by atoms with Gasteiger partial charge in [0.25, 0.3) is 0 Å². The minimum atomic E-state index is 0.377. The molecule has 0 fully saturated rings. The summed E-state index contributed by atoms with van der Waals surface area (Å²) in [6.45, 7) is 2.11. The molecule has 0 N–H and O–H groups in total. The second kappa shape index (κ2) is 6.40. The molecule has 2 aromatic carbocycles.